The van der Waals surface area contributed by atoms with Crippen molar-refractivity contribution in [2.45, 2.75) is 26.2 Å². The minimum absolute atomic E-state index is 0.0189. The van der Waals surface area contributed by atoms with Gasteiger partial charge in [-0.1, -0.05) is 6.92 Å². The summed E-state index contributed by atoms with van der Waals surface area (Å²) in [4.78, 5) is 35.6. The van der Waals surface area contributed by atoms with Gasteiger partial charge in [0.15, 0.2) is 0 Å². The van der Waals surface area contributed by atoms with Gasteiger partial charge in [-0.15, -0.1) is 0 Å². The Balaban J connectivity index is 2.39. The van der Waals surface area contributed by atoms with Gasteiger partial charge in [-0.05, 0) is 18.8 Å². The van der Waals surface area contributed by atoms with E-state index in [1.807, 2.05) is 0 Å². The number of nitrogens with one attached hydrogen (secondary N) is 1. The van der Waals surface area contributed by atoms with Crippen molar-refractivity contribution in [2.75, 3.05) is 26.7 Å². The second kappa shape index (κ2) is 7.72. The summed E-state index contributed by atoms with van der Waals surface area (Å²) in [5.74, 6) is -1.56. The largest absolute Gasteiger partial charge is 0.481 e. The lowest BCUT2D eigenvalue weighted by molar-refractivity contribution is -0.147. The number of piperidine rings is 1. The Hall–Kier alpha value is -1.79. The number of ether oxygens (including phenoxy) is 1. The zero-order valence-electron chi connectivity index (χ0n) is 11.9. The molecule has 20 heavy (non-hydrogen) atoms. The Kier molecular flexibility index (Phi) is 6.27. The molecule has 0 radical (unpaired) electrons. The maximum absolute atomic E-state index is 12.0. The fourth-order valence-corrected chi connectivity index (χ4v) is 2.26. The fourth-order valence-electron chi connectivity index (χ4n) is 2.26. The third kappa shape index (κ3) is 5.07. The van der Waals surface area contributed by atoms with Crippen molar-refractivity contribution in [1.82, 2.24) is 10.2 Å². The van der Waals surface area contributed by atoms with Crippen LogP contribution in [0.5, 0.6) is 0 Å². The number of nitrogens with zero attached hydrogens (tertiary/aromatic N) is 1. The summed E-state index contributed by atoms with van der Waals surface area (Å²) in [6, 6.07) is -0.254. The molecule has 1 rings (SSSR count). The third-order valence-corrected chi connectivity index (χ3v) is 3.37. The molecule has 2 atom stereocenters. The molecule has 1 heterocycles. The predicted molar refractivity (Wildman–Crippen MR) is 71.1 cm³/mol. The molecular weight excluding hydrogens is 264 g/mol. The smallest absolute Gasteiger partial charge is 0.317 e. The van der Waals surface area contributed by atoms with E-state index in [9.17, 15) is 14.4 Å². The Morgan fingerprint density at radius 2 is 2.15 bits per heavy atom. The van der Waals surface area contributed by atoms with Crippen molar-refractivity contribution in [3.8, 4) is 0 Å². The highest BCUT2D eigenvalue weighted by molar-refractivity contribution is 5.77. The van der Waals surface area contributed by atoms with Crippen LogP contribution in [0.2, 0.25) is 0 Å². The lowest BCUT2D eigenvalue weighted by Crippen LogP contribution is -2.48. The number of carbonyl (C=O) groups excluding carboxylic acids is 2. The number of carboxylic acid groups (broad SMARTS) is 1. The second-order valence-electron chi connectivity index (χ2n) is 5.20. The summed E-state index contributed by atoms with van der Waals surface area (Å²) in [5.41, 5.74) is 0. The number of carboxylic acids is 1. The lowest BCUT2D eigenvalue weighted by Gasteiger charge is -2.31. The first-order chi connectivity index (χ1) is 9.43. The average Bonchev–Trinajstić information content (AvgIpc) is 2.43. The number of hydrogen-bond acceptors (Lipinski definition) is 4. The van der Waals surface area contributed by atoms with Crippen LogP contribution in [0.4, 0.5) is 4.79 Å². The molecule has 2 unspecified atom stereocenters. The van der Waals surface area contributed by atoms with E-state index < -0.39 is 5.97 Å². The maximum Gasteiger partial charge on any atom is 0.317 e. The number of aliphatic carboxylic acids is 1. The molecule has 0 spiro atoms. The fraction of sp³-hybridized carbons (Fsp3) is 0.769. The number of rotatable bonds is 5. The Morgan fingerprint density at radius 3 is 2.75 bits per heavy atom. The molecule has 114 valence electrons. The van der Waals surface area contributed by atoms with Crippen LogP contribution in [0.3, 0.4) is 0 Å². The molecule has 2 amide bonds. The van der Waals surface area contributed by atoms with Crippen LogP contribution in [0.25, 0.3) is 0 Å². The van der Waals surface area contributed by atoms with Crippen molar-refractivity contribution >= 4 is 18.0 Å². The van der Waals surface area contributed by atoms with Crippen LogP contribution in [0.1, 0.15) is 26.2 Å². The molecule has 7 nitrogen and oxygen atoms in total. The van der Waals surface area contributed by atoms with Gasteiger partial charge in [-0.25, -0.2) is 4.79 Å². The molecular formula is C13H22N2O5. The van der Waals surface area contributed by atoms with E-state index in [0.29, 0.717) is 19.6 Å². The minimum atomic E-state index is -0.879. The van der Waals surface area contributed by atoms with Crippen molar-refractivity contribution in [1.29, 1.82) is 0 Å². The van der Waals surface area contributed by atoms with E-state index in [-0.39, 0.29) is 30.3 Å². The molecule has 0 aliphatic carbocycles. The van der Waals surface area contributed by atoms with Gasteiger partial charge in [-0.2, -0.15) is 0 Å². The molecule has 1 aliphatic rings. The van der Waals surface area contributed by atoms with Crippen molar-refractivity contribution in [3.05, 3.63) is 0 Å². The zero-order chi connectivity index (χ0) is 15.1. The van der Waals surface area contributed by atoms with Crippen LogP contribution < -0.4 is 5.32 Å². The average molecular weight is 286 g/mol. The number of carbonyl (C=O) groups is 3. The summed E-state index contributed by atoms with van der Waals surface area (Å²) < 4.78 is 4.70. The maximum atomic E-state index is 12.0. The van der Waals surface area contributed by atoms with Gasteiger partial charge in [0.1, 0.15) is 0 Å². The number of hydrogen-bond donors (Lipinski definition) is 2. The topological polar surface area (TPSA) is 95.9 Å². The number of urea groups is 1. The van der Waals surface area contributed by atoms with Gasteiger partial charge in [0.25, 0.3) is 0 Å². The van der Waals surface area contributed by atoms with E-state index >= 15 is 0 Å². The molecule has 0 aromatic rings. The summed E-state index contributed by atoms with van der Waals surface area (Å²) in [6.45, 7) is 3.03. The van der Waals surface area contributed by atoms with Gasteiger partial charge in [0, 0.05) is 26.1 Å². The number of amides is 2. The lowest BCUT2D eigenvalue weighted by atomic mass is 9.98. The van der Waals surface area contributed by atoms with Crippen molar-refractivity contribution < 1.29 is 24.2 Å². The molecule has 0 saturated carbocycles. The Bertz CT molecular complexity index is 372. The van der Waals surface area contributed by atoms with Crippen molar-refractivity contribution in [2.24, 2.45) is 11.8 Å². The van der Waals surface area contributed by atoms with Crippen LogP contribution in [-0.4, -0.2) is 54.7 Å². The highest BCUT2D eigenvalue weighted by atomic mass is 16.5. The van der Waals surface area contributed by atoms with E-state index in [1.165, 1.54) is 7.11 Å². The Morgan fingerprint density at radius 1 is 1.45 bits per heavy atom. The van der Waals surface area contributed by atoms with Gasteiger partial charge in [0.2, 0.25) is 0 Å². The molecule has 1 aliphatic heterocycles. The van der Waals surface area contributed by atoms with Crippen LogP contribution in [0.15, 0.2) is 0 Å². The third-order valence-electron chi connectivity index (χ3n) is 3.37. The summed E-state index contributed by atoms with van der Waals surface area (Å²) in [7, 11) is 1.34. The monoisotopic (exact) mass is 286 g/mol. The summed E-state index contributed by atoms with van der Waals surface area (Å²) in [5, 5.41) is 11.4. The molecule has 0 bridgehead atoms. The van der Waals surface area contributed by atoms with E-state index in [0.717, 1.165) is 12.8 Å². The number of esters is 1. The molecule has 2 N–H and O–H groups in total. The normalized spacial score (nSPS) is 20.1. The van der Waals surface area contributed by atoms with Crippen LogP contribution in [-0.2, 0) is 14.3 Å². The molecule has 0 aromatic carbocycles. The van der Waals surface area contributed by atoms with Gasteiger partial charge >= 0.3 is 18.0 Å². The molecule has 1 fully saturated rings. The number of likely N-dealkylation sites (tertiary alicyclic amines) is 1. The molecule has 1 saturated heterocycles. The molecule has 0 aromatic heterocycles. The highest BCUT2D eigenvalue weighted by Gasteiger charge is 2.29. The van der Waals surface area contributed by atoms with E-state index in [1.54, 1.807) is 11.8 Å². The first-order valence-corrected chi connectivity index (χ1v) is 6.76. The quantitative estimate of drug-likeness (QED) is 0.725. The van der Waals surface area contributed by atoms with Gasteiger partial charge < -0.3 is 20.1 Å². The predicted octanol–water partition coefficient (Wildman–Crippen LogP) is 0.692. The SMILES string of the molecule is COC(=O)C1CCCN(C(=O)NCC(C)CC(=O)O)C1. The van der Waals surface area contributed by atoms with Gasteiger partial charge in [-0.3, -0.25) is 9.59 Å². The van der Waals surface area contributed by atoms with E-state index in [2.05, 4.69) is 5.32 Å². The highest BCUT2D eigenvalue weighted by Crippen LogP contribution is 2.17. The Labute approximate surface area is 118 Å². The van der Waals surface area contributed by atoms with Crippen molar-refractivity contribution in [3.63, 3.8) is 0 Å². The standard InChI is InChI=1S/C13H22N2O5/c1-9(6-11(16)17)7-14-13(19)15-5-3-4-10(8-15)12(18)20-2/h9-10H,3-8H2,1-2H3,(H,14,19)(H,16,17). The first kappa shape index (κ1) is 16.3. The summed E-state index contributed by atoms with van der Waals surface area (Å²) >= 11 is 0. The molecule has 7 heteroatoms. The van der Waals surface area contributed by atoms with Crippen LogP contribution in [0, 0.1) is 11.8 Å². The minimum Gasteiger partial charge on any atom is -0.481 e. The van der Waals surface area contributed by atoms with Crippen LogP contribution >= 0.6 is 0 Å². The summed E-state index contributed by atoms with van der Waals surface area (Å²) in [6.07, 6.45) is 1.51. The van der Waals surface area contributed by atoms with E-state index in [4.69, 9.17) is 9.84 Å². The van der Waals surface area contributed by atoms with Gasteiger partial charge in [0.05, 0.1) is 13.0 Å². The zero-order valence-corrected chi connectivity index (χ0v) is 11.9. The first-order valence-electron chi connectivity index (χ1n) is 6.76. The second-order valence-corrected chi connectivity index (χ2v) is 5.20. The number of methoxy groups -OCH3 is 1.